The van der Waals surface area contributed by atoms with Crippen LogP contribution in [0.25, 0.3) is 0 Å². The molecule has 0 heterocycles. The van der Waals surface area contributed by atoms with Gasteiger partial charge in [-0.3, -0.25) is 4.79 Å². The zero-order chi connectivity index (χ0) is 20.9. The fraction of sp³-hybridized carbons (Fsp3) is 0.222. The van der Waals surface area contributed by atoms with Crippen molar-refractivity contribution >= 4 is 33.5 Å². The third-order valence-electron chi connectivity index (χ3n) is 3.72. The van der Waals surface area contributed by atoms with Crippen LogP contribution in [0.5, 0.6) is 5.75 Å². The van der Waals surface area contributed by atoms with Gasteiger partial charge >= 0.3 is 5.97 Å². The Morgan fingerprint density at radius 3 is 2.50 bits per heavy atom. The molecule has 2 aromatic carbocycles. The van der Waals surface area contributed by atoms with Crippen LogP contribution in [-0.2, 0) is 26.1 Å². The summed E-state index contributed by atoms with van der Waals surface area (Å²) < 4.78 is 30.6. The number of phenols is 1. The average Bonchev–Trinajstić information content (AvgIpc) is 2.64. The summed E-state index contributed by atoms with van der Waals surface area (Å²) in [5, 5.41) is 12.4. The Morgan fingerprint density at radius 1 is 1.18 bits per heavy atom. The fourth-order valence-electron chi connectivity index (χ4n) is 2.23. The first-order valence-corrected chi connectivity index (χ1v) is 9.87. The van der Waals surface area contributed by atoms with E-state index < -0.39 is 28.5 Å². The summed E-state index contributed by atoms with van der Waals surface area (Å²) in [6.45, 7) is -0.657. The van der Waals surface area contributed by atoms with Crippen molar-refractivity contribution in [1.82, 2.24) is 9.62 Å². The average molecular weight is 427 g/mol. The van der Waals surface area contributed by atoms with E-state index in [0.29, 0.717) is 5.56 Å². The Kier molecular flexibility index (Phi) is 7.00. The van der Waals surface area contributed by atoms with Crippen LogP contribution in [0, 0.1) is 0 Å². The first-order chi connectivity index (χ1) is 13.1. The van der Waals surface area contributed by atoms with Crippen molar-refractivity contribution in [3.63, 3.8) is 0 Å². The highest BCUT2D eigenvalue weighted by molar-refractivity contribution is 7.89. The van der Waals surface area contributed by atoms with Crippen LogP contribution in [0.1, 0.15) is 15.9 Å². The number of hydrogen-bond donors (Lipinski definition) is 2. The normalized spacial score (nSPS) is 11.3. The summed E-state index contributed by atoms with van der Waals surface area (Å²) in [5.41, 5.74) is 0.269. The van der Waals surface area contributed by atoms with Gasteiger partial charge in [-0.05, 0) is 29.8 Å². The van der Waals surface area contributed by atoms with E-state index in [2.05, 4.69) is 5.32 Å². The number of nitrogens with one attached hydrogen (secondary N) is 1. The highest BCUT2D eigenvalue weighted by atomic mass is 35.5. The van der Waals surface area contributed by atoms with Gasteiger partial charge < -0.3 is 15.2 Å². The Bertz CT molecular complexity index is 991. The second kappa shape index (κ2) is 9.05. The molecule has 0 fully saturated rings. The smallest absolute Gasteiger partial charge is 0.342 e. The van der Waals surface area contributed by atoms with Crippen LogP contribution in [0.15, 0.2) is 47.4 Å². The van der Waals surface area contributed by atoms with Crippen molar-refractivity contribution < 1.29 is 27.9 Å². The number of halogens is 1. The first kappa shape index (κ1) is 21.7. The van der Waals surface area contributed by atoms with E-state index in [4.69, 9.17) is 16.3 Å². The summed E-state index contributed by atoms with van der Waals surface area (Å²) in [6.07, 6.45) is 0. The van der Waals surface area contributed by atoms with E-state index in [1.807, 2.05) is 0 Å². The maximum Gasteiger partial charge on any atom is 0.342 e. The molecule has 0 unspecified atom stereocenters. The molecule has 0 radical (unpaired) electrons. The highest BCUT2D eigenvalue weighted by Crippen LogP contribution is 2.22. The van der Waals surface area contributed by atoms with E-state index in [1.165, 1.54) is 38.4 Å². The number of aromatic hydroxyl groups is 1. The third-order valence-corrected chi connectivity index (χ3v) is 5.87. The number of sulfonamides is 1. The van der Waals surface area contributed by atoms with Gasteiger partial charge in [0, 0.05) is 25.7 Å². The van der Waals surface area contributed by atoms with E-state index >= 15 is 0 Å². The topological polar surface area (TPSA) is 113 Å². The molecule has 0 atom stereocenters. The maximum atomic E-state index is 12.3. The lowest BCUT2D eigenvalue weighted by atomic mass is 10.2. The molecule has 1 amide bonds. The predicted octanol–water partition coefficient (Wildman–Crippen LogP) is 1.77. The van der Waals surface area contributed by atoms with Gasteiger partial charge in [-0.1, -0.05) is 29.8 Å². The molecule has 0 saturated heterocycles. The van der Waals surface area contributed by atoms with Gasteiger partial charge in [0.25, 0.3) is 5.91 Å². The van der Waals surface area contributed by atoms with Crippen LogP contribution in [0.4, 0.5) is 0 Å². The summed E-state index contributed by atoms with van der Waals surface area (Å²) in [5.74, 6) is -1.88. The summed E-state index contributed by atoms with van der Waals surface area (Å²) in [4.78, 5) is 24.0. The van der Waals surface area contributed by atoms with Crippen molar-refractivity contribution in [2.24, 2.45) is 0 Å². The summed E-state index contributed by atoms with van der Waals surface area (Å²) in [6, 6.07) is 10.1. The monoisotopic (exact) mass is 426 g/mol. The Balaban J connectivity index is 1.98. The molecule has 2 aromatic rings. The van der Waals surface area contributed by atoms with E-state index in [0.717, 1.165) is 4.31 Å². The van der Waals surface area contributed by atoms with Crippen molar-refractivity contribution in [3.05, 3.63) is 58.6 Å². The molecule has 150 valence electrons. The van der Waals surface area contributed by atoms with Crippen molar-refractivity contribution in [3.8, 4) is 5.75 Å². The van der Waals surface area contributed by atoms with Crippen LogP contribution < -0.4 is 5.32 Å². The molecule has 0 saturated carbocycles. The highest BCUT2D eigenvalue weighted by Gasteiger charge is 2.21. The molecule has 0 aliphatic rings. The number of carbonyl (C=O) groups excluding carboxylic acids is 2. The molecular weight excluding hydrogens is 408 g/mol. The zero-order valence-corrected chi connectivity index (χ0v) is 16.7. The predicted molar refractivity (Wildman–Crippen MR) is 103 cm³/mol. The molecule has 0 bridgehead atoms. The van der Waals surface area contributed by atoms with E-state index in [-0.39, 0.29) is 27.8 Å². The zero-order valence-electron chi connectivity index (χ0n) is 15.2. The molecule has 2 rings (SSSR count). The molecule has 0 aliphatic heterocycles. The molecule has 10 heteroatoms. The third kappa shape index (κ3) is 5.22. The minimum Gasteiger partial charge on any atom is -0.507 e. The molecule has 0 spiro atoms. The molecule has 0 aromatic heterocycles. The second-order valence-corrected chi connectivity index (χ2v) is 8.47. The number of esters is 1. The lowest BCUT2D eigenvalue weighted by Crippen LogP contribution is -2.30. The Labute approximate surface area is 167 Å². The van der Waals surface area contributed by atoms with Gasteiger partial charge in [-0.15, -0.1) is 0 Å². The van der Waals surface area contributed by atoms with Crippen molar-refractivity contribution in [2.45, 2.75) is 11.4 Å². The van der Waals surface area contributed by atoms with Gasteiger partial charge in [-0.2, -0.15) is 0 Å². The van der Waals surface area contributed by atoms with Gasteiger partial charge in [-0.25, -0.2) is 17.5 Å². The molecule has 8 nitrogen and oxygen atoms in total. The number of hydrogen-bond acceptors (Lipinski definition) is 6. The standard InChI is InChI=1S/C18H19ClN2O6S/c1-21(2)28(25,26)16-6-4-3-5-12(16)10-20-17(23)11-27-18(24)14-8-7-13(19)9-15(14)22/h3-9,22H,10-11H2,1-2H3,(H,20,23). The largest absolute Gasteiger partial charge is 0.507 e. The minimum absolute atomic E-state index is 0.0637. The Hall–Kier alpha value is -2.62. The number of benzene rings is 2. The Morgan fingerprint density at radius 2 is 1.86 bits per heavy atom. The number of rotatable bonds is 7. The molecular formula is C18H19ClN2O6S. The first-order valence-electron chi connectivity index (χ1n) is 8.05. The number of ether oxygens (including phenoxy) is 1. The molecule has 0 aliphatic carbocycles. The van der Waals surface area contributed by atoms with Gasteiger partial charge in [0.2, 0.25) is 10.0 Å². The lowest BCUT2D eigenvalue weighted by Gasteiger charge is -2.15. The van der Waals surface area contributed by atoms with E-state index in [9.17, 15) is 23.1 Å². The van der Waals surface area contributed by atoms with Crippen molar-refractivity contribution in [2.75, 3.05) is 20.7 Å². The van der Waals surface area contributed by atoms with Crippen LogP contribution in [0.2, 0.25) is 5.02 Å². The minimum atomic E-state index is -3.67. The lowest BCUT2D eigenvalue weighted by molar-refractivity contribution is -0.124. The van der Waals surface area contributed by atoms with Crippen LogP contribution >= 0.6 is 11.6 Å². The number of phenolic OH excluding ortho intramolecular Hbond substituents is 1. The van der Waals surface area contributed by atoms with Gasteiger partial charge in [0.05, 0.1) is 4.90 Å². The second-order valence-electron chi connectivity index (χ2n) is 5.91. The molecule has 28 heavy (non-hydrogen) atoms. The fourth-order valence-corrected chi connectivity index (χ4v) is 3.51. The number of nitrogens with zero attached hydrogens (tertiary/aromatic N) is 1. The number of carbonyl (C=O) groups is 2. The van der Waals surface area contributed by atoms with E-state index in [1.54, 1.807) is 18.2 Å². The van der Waals surface area contributed by atoms with Crippen LogP contribution in [0.3, 0.4) is 0 Å². The SMILES string of the molecule is CN(C)S(=O)(=O)c1ccccc1CNC(=O)COC(=O)c1ccc(Cl)cc1O. The summed E-state index contributed by atoms with van der Waals surface area (Å²) in [7, 11) is -0.841. The van der Waals surface area contributed by atoms with Crippen molar-refractivity contribution in [1.29, 1.82) is 0 Å². The number of amides is 1. The van der Waals surface area contributed by atoms with Gasteiger partial charge in [0.1, 0.15) is 11.3 Å². The molecule has 2 N–H and O–H groups in total. The quantitative estimate of drug-likeness (QED) is 0.652. The van der Waals surface area contributed by atoms with Gasteiger partial charge in [0.15, 0.2) is 6.61 Å². The summed E-state index contributed by atoms with van der Waals surface area (Å²) >= 11 is 5.69. The maximum absolute atomic E-state index is 12.3. The van der Waals surface area contributed by atoms with Crippen LogP contribution in [-0.4, -0.2) is 50.4 Å².